The molecule has 8 heteroatoms. The van der Waals surface area contributed by atoms with Crippen LogP contribution in [0, 0.1) is 0 Å². The minimum absolute atomic E-state index is 0.0292. The molecule has 5 nitrogen and oxygen atoms in total. The van der Waals surface area contributed by atoms with E-state index in [2.05, 4.69) is 36.3 Å². The third-order valence-corrected chi connectivity index (χ3v) is 8.36. The van der Waals surface area contributed by atoms with Crippen molar-refractivity contribution >= 4 is 46.3 Å². The molecule has 0 N–H and O–H groups in total. The van der Waals surface area contributed by atoms with Gasteiger partial charge in [-0.25, -0.2) is 0 Å². The van der Waals surface area contributed by atoms with Gasteiger partial charge in [-0.1, -0.05) is 29.4 Å². The molecule has 35 heavy (non-hydrogen) atoms. The van der Waals surface area contributed by atoms with E-state index in [-0.39, 0.29) is 11.3 Å². The Morgan fingerprint density at radius 2 is 2.03 bits per heavy atom. The smallest absolute Gasteiger partial charge is 0.225 e. The molecule has 0 radical (unpaired) electrons. The van der Waals surface area contributed by atoms with Crippen LogP contribution in [-0.2, 0) is 11.3 Å². The average molecular weight is 531 g/mol. The van der Waals surface area contributed by atoms with E-state index in [1.54, 1.807) is 42.0 Å². The van der Waals surface area contributed by atoms with Crippen LogP contribution in [0.2, 0.25) is 5.02 Å². The molecule has 2 aromatic carbocycles. The van der Waals surface area contributed by atoms with Crippen LogP contribution in [0.15, 0.2) is 58.8 Å². The highest BCUT2D eigenvalue weighted by atomic mass is 35.5. The van der Waals surface area contributed by atoms with E-state index in [1.807, 2.05) is 36.4 Å². The molecule has 2 heterocycles. The average Bonchev–Trinajstić information content (AvgIpc) is 3.48. The molecular formula is C27H31ClN2O3S2. The van der Waals surface area contributed by atoms with Gasteiger partial charge in [-0.2, -0.15) is 0 Å². The zero-order valence-electron chi connectivity index (χ0n) is 20.5. The maximum atomic E-state index is 12.7. The molecule has 1 aliphatic rings. The van der Waals surface area contributed by atoms with Gasteiger partial charge >= 0.3 is 0 Å². The van der Waals surface area contributed by atoms with Gasteiger partial charge in [0.1, 0.15) is 16.9 Å². The molecule has 0 spiro atoms. The molecule has 4 rings (SSSR count). The molecule has 1 amide bonds. The lowest BCUT2D eigenvalue weighted by Crippen LogP contribution is -2.32. The van der Waals surface area contributed by atoms with Crippen LogP contribution in [-0.4, -0.2) is 37.1 Å². The Morgan fingerprint density at radius 3 is 2.71 bits per heavy atom. The number of amides is 1. The highest BCUT2D eigenvalue weighted by Crippen LogP contribution is 2.54. The van der Waals surface area contributed by atoms with Crippen LogP contribution in [0.5, 0.6) is 11.5 Å². The summed E-state index contributed by atoms with van der Waals surface area (Å²) in [7, 11) is 1.65. The number of halogens is 1. The van der Waals surface area contributed by atoms with E-state index < -0.39 is 0 Å². The van der Waals surface area contributed by atoms with Gasteiger partial charge < -0.3 is 9.47 Å². The first kappa shape index (κ1) is 25.9. The molecule has 0 saturated carbocycles. The summed E-state index contributed by atoms with van der Waals surface area (Å²) in [6, 6.07) is 16.2. The van der Waals surface area contributed by atoms with Crippen molar-refractivity contribution < 1.29 is 14.3 Å². The Morgan fingerprint density at radius 1 is 1.20 bits per heavy atom. The lowest BCUT2D eigenvalue weighted by Gasteiger charge is -2.27. The van der Waals surface area contributed by atoms with Crippen molar-refractivity contribution in [1.29, 1.82) is 0 Å². The van der Waals surface area contributed by atoms with E-state index in [4.69, 9.17) is 21.1 Å². The molecule has 1 aromatic heterocycles. The number of hydrogen-bond acceptors (Lipinski definition) is 6. The van der Waals surface area contributed by atoms with E-state index in [0.717, 1.165) is 47.2 Å². The highest BCUT2D eigenvalue weighted by molar-refractivity contribution is 8.00. The predicted molar refractivity (Wildman–Crippen MR) is 146 cm³/mol. The largest absolute Gasteiger partial charge is 0.497 e. The Bertz CT molecular complexity index is 1150. The van der Waals surface area contributed by atoms with Crippen LogP contribution in [0.3, 0.4) is 0 Å². The molecule has 1 aliphatic heterocycles. The quantitative estimate of drug-likeness (QED) is 0.258. The Labute approximate surface area is 221 Å². The summed E-state index contributed by atoms with van der Waals surface area (Å²) in [6.07, 6.45) is 0.902. The second-order valence-electron chi connectivity index (χ2n) is 8.72. The number of carbonyl (C=O) groups excluding carboxylic acids is 1. The van der Waals surface area contributed by atoms with Gasteiger partial charge in [-0.3, -0.25) is 14.6 Å². The topological polar surface area (TPSA) is 42.0 Å². The van der Waals surface area contributed by atoms with Crippen molar-refractivity contribution in [3.63, 3.8) is 0 Å². The van der Waals surface area contributed by atoms with Gasteiger partial charge in [0.2, 0.25) is 5.91 Å². The van der Waals surface area contributed by atoms with Gasteiger partial charge in [0.05, 0.1) is 19.4 Å². The molecule has 0 bridgehead atoms. The van der Waals surface area contributed by atoms with Crippen molar-refractivity contribution in [3.8, 4) is 11.5 Å². The van der Waals surface area contributed by atoms with Crippen molar-refractivity contribution in [2.45, 2.75) is 50.0 Å². The van der Waals surface area contributed by atoms with Gasteiger partial charge in [-0.05, 0) is 68.1 Å². The van der Waals surface area contributed by atoms with Gasteiger partial charge in [-0.15, -0.1) is 11.3 Å². The van der Waals surface area contributed by atoms with Gasteiger partial charge in [0.25, 0.3) is 0 Å². The fourth-order valence-corrected chi connectivity index (χ4v) is 6.54. The lowest BCUT2D eigenvalue weighted by molar-refractivity contribution is -0.116. The van der Waals surface area contributed by atoms with E-state index >= 15 is 0 Å². The minimum Gasteiger partial charge on any atom is -0.497 e. The maximum Gasteiger partial charge on any atom is 0.225 e. The van der Waals surface area contributed by atoms with E-state index in [1.165, 1.54) is 4.88 Å². The number of benzene rings is 2. The summed E-state index contributed by atoms with van der Waals surface area (Å²) < 4.78 is 11.8. The van der Waals surface area contributed by atoms with Crippen LogP contribution in [0.1, 0.15) is 43.0 Å². The third-order valence-electron chi connectivity index (χ3n) is 5.99. The first-order chi connectivity index (χ1) is 16.9. The second-order valence-corrected chi connectivity index (χ2v) is 11.3. The maximum absolute atomic E-state index is 12.7. The predicted octanol–water partition coefficient (Wildman–Crippen LogP) is 7.25. The second kappa shape index (κ2) is 11.7. The van der Waals surface area contributed by atoms with E-state index in [0.29, 0.717) is 17.7 Å². The first-order valence-electron chi connectivity index (χ1n) is 11.7. The normalized spacial score (nSPS) is 15.1. The third kappa shape index (κ3) is 6.15. The number of methoxy groups -OCH3 is 1. The van der Waals surface area contributed by atoms with Crippen molar-refractivity contribution in [2.75, 3.05) is 25.2 Å². The number of rotatable bonds is 10. The minimum atomic E-state index is -0.253. The summed E-state index contributed by atoms with van der Waals surface area (Å²) >= 11 is 9.63. The van der Waals surface area contributed by atoms with Gasteiger partial charge in [0, 0.05) is 46.4 Å². The van der Waals surface area contributed by atoms with Crippen molar-refractivity contribution in [1.82, 2.24) is 4.90 Å². The SMILES string of the molecule is COc1ccc(OCCCN(Cc2cccs2)C(C)C)c(C2Sc3cc(Cl)ccc3N2C(C)=O)c1. The molecule has 0 saturated heterocycles. The van der Waals surface area contributed by atoms with Crippen LogP contribution < -0.4 is 14.4 Å². The fourth-order valence-electron chi connectivity index (χ4n) is 4.17. The molecule has 0 fully saturated rings. The zero-order chi connectivity index (χ0) is 24.9. The highest BCUT2D eigenvalue weighted by Gasteiger charge is 2.36. The Kier molecular flexibility index (Phi) is 8.65. The molecule has 186 valence electrons. The summed E-state index contributed by atoms with van der Waals surface area (Å²) in [5, 5.41) is 2.52. The van der Waals surface area contributed by atoms with Crippen LogP contribution >= 0.6 is 34.7 Å². The Hall–Kier alpha value is -2.19. The zero-order valence-corrected chi connectivity index (χ0v) is 22.9. The molecular weight excluding hydrogens is 500 g/mol. The number of ether oxygens (including phenoxy) is 2. The van der Waals surface area contributed by atoms with E-state index in [9.17, 15) is 4.79 Å². The number of thioether (sulfide) groups is 1. The van der Waals surface area contributed by atoms with Crippen molar-refractivity contribution in [3.05, 3.63) is 69.4 Å². The Balaban J connectivity index is 1.49. The standard InChI is InChI=1S/C27H31ClN2O3S2/c1-18(2)29(17-22-7-5-14-34-22)12-6-13-33-25-11-9-21(32-4)16-23(25)27-30(19(3)31)24-10-8-20(28)15-26(24)35-27/h5,7-11,14-16,18,27H,6,12-13,17H2,1-4H3. The number of fused-ring (bicyclic) bond motifs is 1. The first-order valence-corrected chi connectivity index (χ1v) is 13.8. The molecule has 1 atom stereocenters. The fraction of sp³-hybridized carbons (Fsp3) is 0.370. The van der Waals surface area contributed by atoms with Crippen LogP contribution in [0.25, 0.3) is 0 Å². The molecule has 1 unspecified atom stereocenters. The summed E-state index contributed by atoms with van der Waals surface area (Å²) in [5.41, 5.74) is 1.78. The van der Waals surface area contributed by atoms with Gasteiger partial charge in [0.15, 0.2) is 0 Å². The number of hydrogen-bond donors (Lipinski definition) is 0. The summed E-state index contributed by atoms with van der Waals surface area (Å²) in [5.74, 6) is 1.47. The molecule has 3 aromatic rings. The molecule has 0 aliphatic carbocycles. The summed E-state index contributed by atoms with van der Waals surface area (Å²) in [6.45, 7) is 8.54. The monoisotopic (exact) mass is 530 g/mol. The number of carbonyl (C=O) groups is 1. The van der Waals surface area contributed by atoms with Crippen LogP contribution in [0.4, 0.5) is 5.69 Å². The van der Waals surface area contributed by atoms with Crippen molar-refractivity contribution in [2.24, 2.45) is 0 Å². The number of nitrogens with zero attached hydrogens (tertiary/aromatic N) is 2. The number of anilines is 1. The summed E-state index contributed by atoms with van der Waals surface area (Å²) in [4.78, 5) is 19.3. The lowest BCUT2D eigenvalue weighted by atomic mass is 10.1. The number of thiophene rings is 1.